The van der Waals surface area contributed by atoms with E-state index in [-0.39, 0.29) is 5.91 Å². The van der Waals surface area contributed by atoms with E-state index in [9.17, 15) is 18.0 Å². The number of fused-ring (bicyclic) bond motifs is 1. The molecule has 0 unspecified atom stereocenters. The molecule has 1 aliphatic rings. The van der Waals surface area contributed by atoms with Crippen molar-refractivity contribution in [1.29, 1.82) is 0 Å². The minimum atomic E-state index is -4.40. The van der Waals surface area contributed by atoms with Crippen LogP contribution in [-0.4, -0.2) is 27.2 Å². The highest BCUT2D eigenvalue weighted by molar-refractivity contribution is 6.06. The molecular weight excluding hydrogens is 381 g/mol. The zero-order valence-corrected chi connectivity index (χ0v) is 16.0. The average Bonchev–Trinajstić information content (AvgIpc) is 3.04. The molecule has 5 nitrogen and oxygen atoms in total. The molecule has 1 aromatic carbocycles. The first-order chi connectivity index (χ1) is 13.7. The van der Waals surface area contributed by atoms with Crippen LogP contribution in [0.1, 0.15) is 39.3 Å². The molecule has 29 heavy (non-hydrogen) atoms. The number of pyridine rings is 1. The van der Waals surface area contributed by atoms with Gasteiger partial charge >= 0.3 is 6.18 Å². The van der Waals surface area contributed by atoms with Crippen LogP contribution in [0.5, 0.6) is 0 Å². The second kappa shape index (κ2) is 7.02. The summed E-state index contributed by atoms with van der Waals surface area (Å²) in [5.41, 5.74) is 2.54. The number of nitrogens with zero attached hydrogens (tertiary/aromatic N) is 4. The largest absolute Gasteiger partial charge is 0.416 e. The molecule has 0 spiro atoms. The predicted molar refractivity (Wildman–Crippen MR) is 102 cm³/mol. The van der Waals surface area contributed by atoms with Crippen LogP contribution in [0.2, 0.25) is 0 Å². The lowest BCUT2D eigenvalue weighted by molar-refractivity contribution is -0.137. The normalized spacial score (nSPS) is 14.0. The molecule has 1 amide bonds. The number of amides is 1. The third-order valence-electron chi connectivity index (χ3n) is 4.99. The van der Waals surface area contributed by atoms with Crippen molar-refractivity contribution in [1.82, 2.24) is 14.8 Å². The first kappa shape index (κ1) is 19.2. The quantitative estimate of drug-likeness (QED) is 0.637. The summed E-state index contributed by atoms with van der Waals surface area (Å²) in [6, 6.07) is 8.85. The van der Waals surface area contributed by atoms with Gasteiger partial charge in [0.05, 0.1) is 16.8 Å². The van der Waals surface area contributed by atoms with E-state index in [0.717, 1.165) is 23.5 Å². The summed E-state index contributed by atoms with van der Waals surface area (Å²) in [6.45, 7) is 4.26. The smallest absolute Gasteiger partial charge is 0.308 e. The number of aryl methyl sites for hydroxylation is 3. The second-order valence-corrected chi connectivity index (χ2v) is 7.15. The topological polar surface area (TPSA) is 51.0 Å². The number of anilines is 1. The number of hydrogen-bond donors (Lipinski definition) is 0. The minimum Gasteiger partial charge on any atom is -0.308 e. The average molecular weight is 400 g/mol. The molecule has 2 aromatic heterocycles. The fraction of sp³-hybridized carbons (Fsp3) is 0.286. The monoisotopic (exact) mass is 400 g/mol. The van der Waals surface area contributed by atoms with Crippen LogP contribution in [0, 0.1) is 13.8 Å². The Morgan fingerprint density at radius 1 is 1.10 bits per heavy atom. The third-order valence-corrected chi connectivity index (χ3v) is 4.99. The molecule has 0 bridgehead atoms. The number of carbonyl (C=O) groups is 1. The van der Waals surface area contributed by atoms with Gasteiger partial charge in [0.1, 0.15) is 0 Å². The van der Waals surface area contributed by atoms with E-state index >= 15 is 0 Å². The zero-order chi connectivity index (χ0) is 20.8. The molecule has 4 rings (SSSR count). The fourth-order valence-corrected chi connectivity index (χ4v) is 3.64. The van der Waals surface area contributed by atoms with Crippen LogP contribution in [0.25, 0.3) is 5.82 Å². The van der Waals surface area contributed by atoms with Gasteiger partial charge in [0.15, 0.2) is 5.82 Å². The second-order valence-electron chi connectivity index (χ2n) is 7.15. The van der Waals surface area contributed by atoms with Crippen LogP contribution in [0.15, 0.2) is 42.6 Å². The Morgan fingerprint density at radius 3 is 2.52 bits per heavy atom. The Hall–Kier alpha value is -3.16. The number of alkyl halides is 3. The van der Waals surface area contributed by atoms with Crippen molar-refractivity contribution < 1.29 is 18.0 Å². The number of rotatable bonds is 2. The van der Waals surface area contributed by atoms with Gasteiger partial charge < -0.3 is 4.90 Å². The van der Waals surface area contributed by atoms with E-state index in [1.807, 2.05) is 19.9 Å². The summed E-state index contributed by atoms with van der Waals surface area (Å²) in [4.78, 5) is 18.9. The van der Waals surface area contributed by atoms with Gasteiger partial charge in [-0.1, -0.05) is 0 Å². The zero-order valence-electron chi connectivity index (χ0n) is 16.0. The Morgan fingerprint density at radius 2 is 1.90 bits per heavy atom. The van der Waals surface area contributed by atoms with Crippen LogP contribution in [0.4, 0.5) is 18.9 Å². The molecule has 0 aliphatic carbocycles. The van der Waals surface area contributed by atoms with E-state index in [1.54, 1.807) is 16.8 Å². The maximum atomic E-state index is 13.0. The van der Waals surface area contributed by atoms with Gasteiger partial charge in [-0.3, -0.25) is 4.79 Å². The predicted octanol–water partition coefficient (Wildman–Crippen LogP) is 4.50. The van der Waals surface area contributed by atoms with Crippen molar-refractivity contribution in [3.63, 3.8) is 0 Å². The number of halogens is 3. The fourth-order valence-electron chi connectivity index (χ4n) is 3.64. The van der Waals surface area contributed by atoms with Crippen molar-refractivity contribution >= 4 is 11.6 Å². The lowest BCUT2D eigenvalue weighted by Gasteiger charge is -2.30. The van der Waals surface area contributed by atoms with Crippen molar-refractivity contribution in [3.05, 3.63) is 70.7 Å². The molecule has 0 radical (unpaired) electrons. The molecule has 3 heterocycles. The maximum absolute atomic E-state index is 13.0. The molecule has 0 N–H and O–H groups in total. The van der Waals surface area contributed by atoms with Crippen LogP contribution in [-0.2, 0) is 12.6 Å². The Kier molecular flexibility index (Phi) is 4.64. The molecule has 0 fully saturated rings. The van der Waals surface area contributed by atoms with Gasteiger partial charge in [0.2, 0.25) is 0 Å². The van der Waals surface area contributed by atoms with E-state index in [2.05, 4.69) is 10.1 Å². The molecule has 1 aliphatic heterocycles. The number of hydrogen-bond acceptors (Lipinski definition) is 3. The van der Waals surface area contributed by atoms with Crippen molar-refractivity contribution in [2.24, 2.45) is 0 Å². The number of benzene rings is 1. The molecule has 3 aromatic rings. The Balaban J connectivity index is 1.62. The van der Waals surface area contributed by atoms with Gasteiger partial charge in [-0.15, -0.1) is 0 Å². The first-order valence-electron chi connectivity index (χ1n) is 9.26. The summed E-state index contributed by atoms with van der Waals surface area (Å²) >= 11 is 0. The standard InChI is InChI=1S/C21H19F3N4O/c1-13-10-14(2)28(26-13)19-8-5-16(12-25-19)20(29)27-9-3-4-15-11-17(21(22,23)24)6-7-18(15)27/h5-8,10-12H,3-4,9H2,1-2H3. The summed E-state index contributed by atoms with van der Waals surface area (Å²) in [7, 11) is 0. The van der Waals surface area contributed by atoms with Gasteiger partial charge in [0, 0.05) is 24.1 Å². The molecule has 8 heteroatoms. The summed E-state index contributed by atoms with van der Waals surface area (Å²) in [5.74, 6) is 0.319. The molecule has 150 valence electrons. The van der Waals surface area contributed by atoms with Gasteiger partial charge in [-0.25, -0.2) is 9.67 Å². The summed E-state index contributed by atoms with van der Waals surface area (Å²) in [5, 5.41) is 4.37. The lowest BCUT2D eigenvalue weighted by Crippen LogP contribution is -2.35. The minimum absolute atomic E-state index is 0.280. The molecule has 0 atom stereocenters. The molecule has 0 saturated heterocycles. The lowest BCUT2D eigenvalue weighted by atomic mass is 9.98. The Labute approximate surface area is 165 Å². The van der Waals surface area contributed by atoms with Gasteiger partial charge in [-0.2, -0.15) is 18.3 Å². The highest BCUT2D eigenvalue weighted by atomic mass is 19.4. The maximum Gasteiger partial charge on any atom is 0.416 e. The Bertz CT molecular complexity index is 1070. The third kappa shape index (κ3) is 3.62. The van der Waals surface area contributed by atoms with Crippen LogP contribution in [0.3, 0.4) is 0 Å². The van der Waals surface area contributed by atoms with Crippen LogP contribution < -0.4 is 4.90 Å². The summed E-state index contributed by atoms with van der Waals surface area (Å²) in [6.07, 6.45) is -1.80. The van der Waals surface area contributed by atoms with Crippen molar-refractivity contribution in [2.75, 3.05) is 11.4 Å². The number of aromatic nitrogens is 3. The van der Waals surface area contributed by atoms with E-state index < -0.39 is 11.7 Å². The van der Waals surface area contributed by atoms with Crippen LogP contribution >= 0.6 is 0 Å². The SMILES string of the molecule is Cc1cc(C)n(-c2ccc(C(=O)N3CCCc4cc(C(F)(F)F)ccc43)cn2)n1. The highest BCUT2D eigenvalue weighted by Crippen LogP contribution is 2.35. The summed E-state index contributed by atoms with van der Waals surface area (Å²) < 4.78 is 40.7. The first-order valence-corrected chi connectivity index (χ1v) is 9.26. The molecule has 0 saturated carbocycles. The van der Waals surface area contributed by atoms with Gasteiger partial charge in [-0.05, 0) is 68.7 Å². The van der Waals surface area contributed by atoms with Crippen molar-refractivity contribution in [2.45, 2.75) is 32.9 Å². The van der Waals surface area contributed by atoms with Crippen molar-refractivity contribution in [3.8, 4) is 5.82 Å². The number of carbonyl (C=O) groups excluding carboxylic acids is 1. The molecular formula is C21H19F3N4O. The van der Waals surface area contributed by atoms with E-state index in [0.29, 0.717) is 42.0 Å². The van der Waals surface area contributed by atoms with Gasteiger partial charge in [0.25, 0.3) is 5.91 Å². The highest BCUT2D eigenvalue weighted by Gasteiger charge is 2.32. The van der Waals surface area contributed by atoms with E-state index in [4.69, 9.17) is 0 Å². The van der Waals surface area contributed by atoms with E-state index in [1.165, 1.54) is 17.2 Å².